The molecule has 7 rings (SSSR count). The number of aryl methyl sites for hydroxylation is 1. The topological polar surface area (TPSA) is 86.0 Å². The van der Waals surface area contributed by atoms with Crippen molar-refractivity contribution in [1.82, 2.24) is 29.9 Å². The summed E-state index contributed by atoms with van der Waals surface area (Å²) in [5.41, 5.74) is 4.12. The van der Waals surface area contributed by atoms with Gasteiger partial charge in [0.15, 0.2) is 0 Å². The Hall–Kier alpha value is -3.81. The lowest BCUT2D eigenvalue weighted by Crippen LogP contribution is -2.55. The van der Waals surface area contributed by atoms with E-state index in [0.29, 0.717) is 29.9 Å². The van der Waals surface area contributed by atoms with Gasteiger partial charge in [0.1, 0.15) is 0 Å². The van der Waals surface area contributed by atoms with Crippen molar-refractivity contribution in [2.45, 2.75) is 32.2 Å². The number of benzene rings is 2. The number of carbonyl (C=O) groups is 1. The van der Waals surface area contributed by atoms with Crippen LogP contribution in [0.25, 0.3) is 16.7 Å². The first kappa shape index (κ1) is 20.8. The third-order valence-corrected chi connectivity index (χ3v) is 7.13. The summed E-state index contributed by atoms with van der Waals surface area (Å²) < 4.78 is 6.07. The number of aromatic nitrogens is 5. The normalized spacial score (nSPS) is 21.7. The fourth-order valence-corrected chi connectivity index (χ4v) is 5.37. The zero-order valence-electron chi connectivity index (χ0n) is 19.0. The minimum atomic E-state index is 0.0606. The van der Waals surface area contributed by atoms with Gasteiger partial charge in [-0.15, -0.1) is 0 Å². The molecule has 1 saturated carbocycles. The predicted molar refractivity (Wildman–Crippen MR) is 127 cm³/mol. The lowest BCUT2D eigenvalue weighted by Gasteiger charge is -2.49. The first-order chi connectivity index (χ1) is 16.7. The number of fused-ring (bicyclic) bond motifs is 4. The molecule has 0 radical (unpaired) electrons. The Morgan fingerprint density at radius 2 is 1.91 bits per heavy atom. The molecule has 3 unspecified atom stereocenters. The SMILES string of the molecule is Cc1ccc(-n2nccn2)c(C(=O)N2CC3CCC2CC3COc2cnc3ccccc3n2)c1. The van der Waals surface area contributed by atoms with Gasteiger partial charge in [-0.05, 0) is 62.3 Å². The van der Waals surface area contributed by atoms with Gasteiger partial charge in [-0.25, -0.2) is 9.97 Å². The van der Waals surface area contributed by atoms with E-state index in [2.05, 4.69) is 25.1 Å². The fourth-order valence-electron chi connectivity index (χ4n) is 5.37. The van der Waals surface area contributed by atoms with Crippen LogP contribution in [0.2, 0.25) is 0 Å². The van der Waals surface area contributed by atoms with Gasteiger partial charge in [0.05, 0.1) is 47.5 Å². The monoisotopic (exact) mass is 454 g/mol. The molecule has 3 aliphatic rings. The van der Waals surface area contributed by atoms with Crippen LogP contribution >= 0.6 is 0 Å². The van der Waals surface area contributed by atoms with E-state index in [4.69, 9.17) is 4.74 Å². The molecule has 2 saturated heterocycles. The highest BCUT2D eigenvalue weighted by Crippen LogP contribution is 2.40. The second-order valence-electron chi connectivity index (χ2n) is 9.29. The molecular weight excluding hydrogens is 428 g/mol. The van der Waals surface area contributed by atoms with E-state index in [-0.39, 0.29) is 11.9 Å². The van der Waals surface area contributed by atoms with Crippen molar-refractivity contribution in [2.24, 2.45) is 11.8 Å². The van der Waals surface area contributed by atoms with Crippen molar-refractivity contribution in [1.29, 1.82) is 0 Å². The van der Waals surface area contributed by atoms with Crippen LogP contribution < -0.4 is 4.74 Å². The second-order valence-corrected chi connectivity index (χ2v) is 9.29. The Morgan fingerprint density at radius 3 is 2.71 bits per heavy atom. The third kappa shape index (κ3) is 3.79. The van der Waals surface area contributed by atoms with Gasteiger partial charge >= 0.3 is 0 Å². The number of para-hydroxylation sites is 2. The van der Waals surface area contributed by atoms with E-state index in [1.54, 1.807) is 18.6 Å². The summed E-state index contributed by atoms with van der Waals surface area (Å²) in [6.45, 7) is 3.35. The second kappa shape index (κ2) is 8.52. The van der Waals surface area contributed by atoms with Crippen LogP contribution in [0, 0.1) is 18.8 Å². The molecule has 4 aromatic rings. The third-order valence-electron chi connectivity index (χ3n) is 7.13. The molecule has 2 aromatic carbocycles. The maximum atomic E-state index is 13.7. The summed E-state index contributed by atoms with van der Waals surface area (Å²) in [5.74, 6) is 1.44. The Kier molecular flexibility index (Phi) is 5.20. The van der Waals surface area contributed by atoms with Crippen LogP contribution in [0.1, 0.15) is 35.2 Å². The lowest BCUT2D eigenvalue weighted by molar-refractivity contribution is -0.00474. The quantitative estimate of drug-likeness (QED) is 0.455. The average molecular weight is 455 g/mol. The molecule has 3 atom stereocenters. The molecular formula is C26H26N6O2. The maximum absolute atomic E-state index is 13.7. The van der Waals surface area contributed by atoms with Crippen LogP contribution in [0.5, 0.6) is 5.88 Å². The van der Waals surface area contributed by atoms with Crippen LogP contribution in [0.4, 0.5) is 0 Å². The van der Waals surface area contributed by atoms with E-state index in [9.17, 15) is 4.79 Å². The molecule has 1 aliphatic carbocycles. The van der Waals surface area contributed by atoms with Crippen molar-refractivity contribution in [3.05, 3.63) is 72.2 Å². The van der Waals surface area contributed by atoms with Crippen LogP contribution in [-0.2, 0) is 0 Å². The van der Waals surface area contributed by atoms with Gasteiger partial charge in [-0.1, -0.05) is 23.8 Å². The standard InChI is InChI=1S/C26H26N6O2/c1-17-6-9-24(32-28-10-11-29-32)21(12-17)26(33)31-15-18-7-8-20(31)13-19(18)16-34-25-14-27-22-4-2-3-5-23(22)30-25/h2-6,9-12,14,18-20H,7-8,13,15-16H2,1H3. The molecule has 4 heterocycles. The summed E-state index contributed by atoms with van der Waals surface area (Å²) in [6.07, 6.45) is 8.04. The summed E-state index contributed by atoms with van der Waals surface area (Å²) in [7, 11) is 0. The van der Waals surface area contributed by atoms with E-state index >= 15 is 0 Å². The van der Waals surface area contributed by atoms with E-state index in [1.807, 2.05) is 49.4 Å². The lowest BCUT2D eigenvalue weighted by atomic mass is 9.72. The molecule has 3 fully saturated rings. The Labute approximate surface area is 197 Å². The summed E-state index contributed by atoms with van der Waals surface area (Å²) in [4.78, 5) is 26.3. The predicted octanol–water partition coefficient (Wildman–Crippen LogP) is 3.84. The number of hydrogen-bond acceptors (Lipinski definition) is 6. The van der Waals surface area contributed by atoms with Crippen LogP contribution in [-0.4, -0.2) is 55.0 Å². The molecule has 1 amide bonds. The molecule has 0 spiro atoms. The summed E-state index contributed by atoms with van der Waals surface area (Å²) in [6, 6.07) is 13.9. The fraction of sp³-hybridized carbons (Fsp3) is 0.346. The average Bonchev–Trinajstić information content (AvgIpc) is 3.42. The van der Waals surface area contributed by atoms with Gasteiger partial charge in [-0.3, -0.25) is 4.79 Å². The van der Waals surface area contributed by atoms with Crippen molar-refractivity contribution in [2.75, 3.05) is 13.2 Å². The number of ether oxygens (including phenoxy) is 1. The molecule has 2 aromatic heterocycles. The number of nitrogens with zero attached hydrogens (tertiary/aromatic N) is 6. The minimum Gasteiger partial charge on any atom is -0.476 e. The smallest absolute Gasteiger partial charge is 0.256 e. The molecule has 8 nitrogen and oxygen atoms in total. The molecule has 34 heavy (non-hydrogen) atoms. The number of hydrogen-bond donors (Lipinski definition) is 0. The Bertz CT molecular complexity index is 1340. The highest BCUT2D eigenvalue weighted by atomic mass is 16.5. The van der Waals surface area contributed by atoms with Crippen LogP contribution in [0.15, 0.2) is 61.1 Å². The van der Waals surface area contributed by atoms with Gasteiger partial charge in [0, 0.05) is 12.6 Å². The van der Waals surface area contributed by atoms with E-state index in [0.717, 1.165) is 48.1 Å². The first-order valence-electron chi connectivity index (χ1n) is 11.8. The summed E-state index contributed by atoms with van der Waals surface area (Å²) >= 11 is 0. The van der Waals surface area contributed by atoms with Gasteiger partial charge in [0.25, 0.3) is 5.91 Å². The maximum Gasteiger partial charge on any atom is 0.256 e. The molecule has 8 heteroatoms. The minimum absolute atomic E-state index is 0.0606. The largest absolute Gasteiger partial charge is 0.476 e. The van der Waals surface area contributed by atoms with Crippen molar-refractivity contribution < 1.29 is 9.53 Å². The zero-order chi connectivity index (χ0) is 23.1. The van der Waals surface area contributed by atoms with Crippen LogP contribution in [0.3, 0.4) is 0 Å². The highest BCUT2D eigenvalue weighted by molar-refractivity contribution is 5.98. The molecule has 172 valence electrons. The number of rotatable bonds is 5. The number of amides is 1. The van der Waals surface area contributed by atoms with Crippen molar-refractivity contribution in [3.63, 3.8) is 0 Å². The molecule has 0 N–H and O–H groups in total. The van der Waals surface area contributed by atoms with Gasteiger partial charge in [-0.2, -0.15) is 15.0 Å². The van der Waals surface area contributed by atoms with E-state index in [1.165, 1.54) is 4.80 Å². The Morgan fingerprint density at radius 1 is 1.09 bits per heavy atom. The van der Waals surface area contributed by atoms with Gasteiger partial charge < -0.3 is 9.64 Å². The molecule has 2 aliphatic heterocycles. The van der Waals surface area contributed by atoms with E-state index < -0.39 is 0 Å². The highest BCUT2D eigenvalue weighted by Gasteiger charge is 2.43. The first-order valence-corrected chi connectivity index (χ1v) is 11.8. The Balaban J connectivity index is 1.17. The number of piperidine rings is 2. The van der Waals surface area contributed by atoms with Crippen molar-refractivity contribution >= 4 is 16.9 Å². The van der Waals surface area contributed by atoms with Crippen molar-refractivity contribution in [3.8, 4) is 11.6 Å². The number of carbonyl (C=O) groups excluding carboxylic acids is 1. The summed E-state index contributed by atoms with van der Waals surface area (Å²) in [5, 5.41) is 8.49. The zero-order valence-corrected chi connectivity index (χ0v) is 19.0. The van der Waals surface area contributed by atoms with Gasteiger partial charge in [0.2, 0.25) is 5.88 Å². The molecule has 2 bridgehead atoms.